The van der Waals surface area contributed by atoms with E-state index in [1.165, 1.54) is 0 Å². The first kappa shape index (κ1) is 15.4. The lowest BCUT2D eigenvalue weighted by molar-refractivity contribution is -0.121. The van der Waals surface area contributed by atoms with Crippen LogP contribution in [0.2, 0.25) is 0 Å². The van der Waals surface area contributed by atoms with Crippen LogP contribution in [0.4, 0.5) is 0 Å². The van der Waals surface area contributed by atoms with E-state index in [1.54, 1.807) is 7.11 Å². The molecule has 1 aliphatic rings. The van der Waals surface area contributed by atoms with Crippen molar-refractivity contribution < 1.29 is 19.4 Å². The van der Waals surface area contributed by atoms with Crippen LogP contribution >= 0.6 is 0 Å². The van der Waals surface area contributed by atoms with Gasteiger partial charge in [0.1, 0.15) is 0 Å². The van der Waals surface area contributed by atoms with Crippen LogP contribution < -0.4 is 10.6 Å². The van der Waals surface area contributed by atoms with Gasteiger partial charge < -0.3 is 25.2 Å². The van der Waals surface area contributed by atoms with E-state index >= 15 is 0 Å². The van der Waals surface area contributed by atoms with Crippen molar-refractivity contribution >= 4 is 5.91 Å². The van der Waals surface area contributed by atoms with Crippen LogP contribution in [-0.4, -0.2) is 63.2 Å². The molecule has 0 aromatic carbocycles. The van der Waals surface area contributed by atoms with Gasteiger partial charge in [-0.1, -0.05) is 0 Å². The predicted molar refractivity (Wildman–Crippen MR) is 67.4 cm³/mol. The Labute approximate surface area is 108 Å². The molecule has 0 aromatic rings. The quantitative estimate of drug-likeness (QED) is 0.427. The van der Waals surface area contributed by atoms with E-state index in [0.29, 0.717) is 38.8 Å². The van der Waals surface area contributed by atoms with E-state index in [0.717, 1.165) is 12.8 Å². The van der Waals surface area contributed by atoms with Gasteiger partial charge in [-0.05, 0) is 12.8 Å². The molecule has 18 heavy (non-hydrogen) atoms. The highest BCUT2D eigenvalue weighted by Gasteiger charge is 2.22. The predicted octanol–water partition coefficient (Wildman–Crippen LogP) is -0.731. The summed E-state index contributed by atoms with van der Waals surface area (Å²) in [6.45, 7) is 2.31. The summed E-state index contributed by atoms with van der Waals surface area (Å²) < 4.78 is 10.00. The third-order valence-corrected chi connectivity index (χ3v) is 2.59. The maximum absolute atomic E-state index is 11.3. The van der Waals surface area contributed by atoms with Gasteiger partial charge >= 0.3 is 0 Å². The Morgan fingerprint density at radius 3 is 2.89 bits per heavy atom. The molecule has 0 heterocycles. The van der Waals surface area contributed by atoms with Crippen LogP contribution in [0.15, 0.2) is 0 Å². The standard InChI is InChI=1S/C12H24N2O4/c1-17-6-7-18-9-11(15)8-13-5-4-12(16)14-10-2-3-10/h10-11,13,15H,2-9H2,1H3,(H,14,16). The first-order chi connectivity index (χ1) is 8.72. The van der Waals surface area contributed by atoms with Crippen molar-refractivity contribution in [1.29, 1.82) is 0 Å². The average Bonchev–Trinajstić information content (AvgIpc) is 3.14. The minimum absolute atomic E-state index is 0.0795. The number of nitrogens with one attached hydrogen (secondary N) is 2. The molecule has 106 valence electrons. The van der Waals surface area contributed by atoms with E-state index in [1.807, 2.05) is 0 Å². The first-order valence-electron chi connectivity index (χ1n) is 6.47. The van der Waals surface area contributed by atoms with Crippen molar-refractivity contribution in [2.45, 2.75) is 31.4 Å². The SMILES string of the molecule is COCCOCC(O)CNCCC(=O)NC1CC1. The summed E-state index contributed by atoms with van der Waals surface area (Å²) in [6.07, 6.45) is 2.12. The van der Waals surface area contributed by atoms with Crippen molar-refractivity contribution in [2.24, 2.45) is 0 Å². The molecule has 0 saturated heterocycles. The van der Waals surface area contributed by atoms with E-state index in [2.05, 4.69) is 10.6 Å². The Bertz CT molecular complexity index is 234. The summed E-state index contributed by atoms with van der Waals surface area (Å²) in [5.41, 5.74) is 0. The van der Waals surface area contributed by atoms with Gasteiger partial charge in [0.05, 0.1) is 25.9 Å². The van der Waals surface area contributed by atoms with Crippen LogP contribution in [0.1, 0.15) is 19.3 Å². The monoisotopic (exact) mass is 260 g/mol. The Kier molecular flexibility index (Phi) is 7.91. The molecule has 1 unspecified atom stereocenters. The van der Waals surface area contributed by atoms with Crippen molar-refractivity contribution in [3.8, 4) is 0 Å². The Balaban J connectivity index is 1.84. The zero-order valence-electron chi connectivity index (χ0n) is 11.0. The second-order valence-electron chi connectivity index (χ2n) is 4.52. The van der Waals surface area contributed by atoms with Gasteiger partial charge in [0.15, 0.2) is 0 Å². The topological polar surface area (TPSA) is 79.8 Å². The number of hydrogen-bond donors (Lipinski definition) is 3. The molecule has 3 N–H and O–H groups in total. The smallest absolute Gasteiger partial charge is 0.221 e. The van der Waals surface area contributed by atoms with Crippen LogP contribution in [0.5, 0.6) is 0 Å². The molecule has 1 amide bonds. The zero-order valence-corrected chi connectivity index (χ0v) is 11.0. The summed E-state index contributed by atoms with van der Waals surface area (Å²) in [6, 6.07) is 0.414. The van der Waals surface area contributed by atoms with E-state index in [4.69, 9.17) is 9.47 Å². The Hall–Kier alpha value is -0.690. The fourth-order valence-electron chi connectivity index (χ4n) is 1.42. The lowest BCUT2D eigenvalue weighted by atomic mass is 10.3. The van der Waals surface area contributed by atoms with E-state index < -0.39 is 6.10 Å². The van der Waals surface area contributed by atoms with Crippen LogP contribution in [0, 0.1) is 0 Å². The Morgan fingerprint density at radius 1 is 1.44 bits per heavy atom. The molecular weight excluding hydrogens is 236 g/mol. The highest BCUT2D eigenvalue weighted by atomic mass is 16.5. The van der Waals surface area contributed by atoms with Crippen LogP contribution in [0.25, 0.3) is 0 Å². The molecule has 1 aliphatic carbocycles. The molecule has 0 radical (unpaired) electrons. The molecule has 6 heteroatoms. The van der Waals surface area contributed by atoms with Crippen molar-refractivity contribution in [2.75, 3.05) is 40.0 Å². The number of rotatable bonds is 11. The molecule has 6 nitrogen and oxygen atoms in total. The number of methoxy groups -OCH3 is 1. The third kappa shape index (κ3) is 8.41. The minimum atomic E-state index is -0.548. The first-order valence-corrected chi connectivity index (χ1v) is 6.47. The molecule has 1 rings (SSSR count). The summed E-state index contributed by atoms with van der Waals surface area (Å²) in [5.74, 6) is 0.0795. The molecule has 0 aliphatic heterocycles. The lowest BCUT2D eigenvalue weighted by Crippen LogP contribution is -2.34. The lowest BCUT2D eigenvalue weighted by Gasteiger charge is -2.12. The molecule has 0 spiro atoms. The second-order valence-corrected chi connectivity index (χ2v) is 4.52. The zero-order chi connectivity index (χ0) is 13.2. The van der Waals surface area contributed by atoms with Gasteiger partial charge in [0, 0.05) is 32.7 Å². The number of hydrogen-bond acceptors (Lipinski definition) is 5. The minimum Gasteiger partial charge on any atom is -0.389 e. The molecular formula is C12H24N2O4. The fourth-order valence-corrected chi connectivity index (χ4v) is 1.42. The van der Waals surface area contributed by atoms with E-state index in [-0.39, 0.29) is 12.5 Å². The summed E-state index contributed by atoms with van der Waals surface area (Å²) in [7, 11) is 1.61. The number of ether oxygens (including phenoxy) is 2. The average molecular weight is 260 g/mol. The number of aliphatic hydroxyl groups is 1. The summed E-state index contributed by atoms with van der Waals surface area (Å²) in [5, 5.41) is 15.5. The summed E-state index contributed by atoms with van der Waals surface area (Å²) in [4.78, 5) is 11.3. The molecule has 1 saturated carbocycles. The van der Waals surface area contributed by atoms with Gasteiger partial charge in [0.2, 0.25) is 5.91 Å². The van der Waals surface area contributed by atoms with Crippen molar-refractivity contribution in [3.63, 3.8) is 0 Å². The number of carbonyl (C=O) groups is 1. The fraction of sp³-hybridized carbons (Fsp3) is 0.917. The van der Waals surface area contributed by atoms with Crippen LogP contribution in [-0.2, 0) is 14.3 Å². The number of carbonyl (C=O) groups excluding carboxylic acids is 1. The Morgan fingerprint density at radius 2 is 2.22 bits per heavy atom. The highest BCUT2D eigenvalue weighted by molar-refractivity contribution is 5.76. The maximum atomic E-state index is 11.3. The summed E-state index contributed by atoms with van der Waals surface area (Å²) >= 11 is 0. The normalized spacial score (nSPS) is 16.6. The second kappa shape index (κ2) is 9.27. The van der Waals surface area contributed by atoms with Gasteiger partial charge in [-0.2, -0.15) is 0 Å². The number of aliphatic hydroxyl groups excluding tert-OH is 1. The van der Waals surface area contributed by atoms with Crippen LogP contribution in [0.3, 0.4) is 0 Å². The van der Waals surface area contributed by atoms with Gasteiger partial charge in [-0.3, -0.25) is 4.79 Å². The molecule has 1 atom stereocenters. The van der Waals surface area contributed by atoms with Gasteiger partial charge in [-0.15, -0.1) is 0 Å². The largest absolute Gasteiger partial charge is 0.389 e. The highest BCUT2D eigenvalue weighted by Crippen LogP contribution is 2.18. The number of amides is 1. The van der Waals surface area contributed by atoms with Gasteiger partial charge in [-0.25, -0.2) is 0 Å². The van der Waals surface area contributed by atoms with Crippen molar-refractivity contribution in [3.05, 3.63) is 0 Å². The van der Waals surface area contributed by atoms with Gasteiger partial charge in [0.25, 0.3) is 0 Å². The van der Waals surface area contributed by atoms with Crippen molar-refractivity contribution in [1.82, 2.24) is 10.6 Å². The maximum Gasteiger partial charge on any atom is 0.221 e. The molecule has 0 bridgehead atoms. The third-order valence-electron chi connectivity index (χ3n) is 2.59. The molecule has 1 fully saturated rings. The molecule has 0 aromatic heterocycles. The van der Waals surface area contributed by atoms with E-state index in [9.17, 15) is 9.90 Å².